The quantitative estimate of drug-likeness (QED) is 0.717. The van der Waals surface area contributed by atoms with Crippen LogP contribution in [-0.2, 0) is 17.7 Å². The fraction of sp³-hybridized carbons (Fsp3) is 0.412. The number of carbonyl (C=O) groups excluding carboxylic acids is 1. The maximum Gasteiger partial charge on any atom is 0.407 e. The van der Waals surface area contributed by atoms with Gasteiger partial charge in [0.1, 0.15) is 18.0 Å². The summed E-state index contributed by atoms with van der Waals surface area (Å²) < 4.78 is 14.6. The van der Waals surface area contributed by atoms with Crippen molar-refractivity contribution in [2.45, 2.75) is 31.2 Å². The lowest BCUT2D eigenvalue weighted by molar-refractivity contribution is 0.0188. The Morgan fingerprint density at radius 1 is 1.40 bits per heavy atom. The Morgan fingerprint density at radius 2 is 2.20 bits per heavy atom. The molecular weight excluding hydrogens is 342 g/mol. The molecule has 0 radical (unpaired) electrons. The van der Waals surface area contributed by atoms with Crippen molar-refractivity contribution >= 4 is 17.6 Å². The largest absolute Gasteiger partial charge is 0.497 e. The number of hydrogen-bond donors (Lipinski definition) is 3. The molecule has 8 heteroatoms. The molecule has 0 bridgehead atoms. The van der Waals surface area contributed by atoms with E-state index in [9.17, 15) is 9.90 Å². The Bertz CT molecular complexity index is 678. The minimum atomic E-state index is -0.725. The summed E-state index contributed by atoms with van der Waals surface area (Å²) in [5.41, 5.74) is 1.99. The number of amides is 1. The van der Waals surface area contributed by atoms with Crippen LogP contribution in [0, 0.1) is 0 Å². The van der Waals surface area contributed by atoms with E-state index in [2.05, 4.69) is 15.0 Å². The number of benzene rings is 1. The van der Waals surface area contributed by atoms with Crippen LogP contribution in [0.1, 0.15) is 11.1 Å². The van der Waals surface area contributed by atoms with E-state index in [-0.39, 0.29) is 6.04 Å². The first-order valence-electron chi connectivity index (χ1n) is 8.03. The van der Waals surface area contributed by atoms with Gasteiger partial charge in [0, 0.05) is 30.2 Å². The van der Waals surface area contributed by atoms with E-state index in [0.717, 1.165) is 16.9 Å². The van der Waals surface area contributed by atoms with Gasteiger partial charge in [-0.25, -0.2) is 9.17 Å². The number of hydrogen-bond acceptors (Lipinski definition) is 7. The molecule has 7 nitrogen and oxygen atoms in total. The molecular formula is C17H21N3O4S. The van der Waals surface area contributed by atoms with Gasteiger partial charge in [-0.1, -0.05) is 12.1 Å². The lowest BCUT2D eigenvalue weighted by atomic mass is 10.0. The van der Waals surface area contributed by atoms with E-state index in [1.807, 2.05) is 29.6 Å². The summed E-state index contributed by atoms with van der Waals surface area (Å²) in [6.07, 6.45) is 0.481. The maximum atomic E-state index is 12.0. The van der Waals surface area contributed by atoms with Crippen molar-refractivity contribution in [3.05, 3.63) is 47.0 Å². The topological polar surface area (TPSA) is 92.7 Å². The normalized spacial score (nSPS) is 22.6. The summed E-state index contributed by atoms with van der Waals surface area (Å²) in [6, 6.07) is 7.56. The Hall–Kier alpha value is -2.16. The molecule has 0 unspecified atom stereocenters. The van der Waals surface area contributed by atoms with Gasteiger partial charge in [-0.05, 0) is 35.6 Å². The highest BCUT2D eigenvalue weighted by Crippen LogP contribution is 2.19. The Morgan fingerprint density at radius 3 is 2.88 bits per heavy atom. The number of alkyl carbamates (subject to hydrolysis) is 1. The van der Waals surface area contributed by atoms with E-state index in [1.54, 1.807) is 13.3 Å². The van der Waals surface area contributed by atoms with Gasteiger partial charge in [-0.15, -0.1) is 0 Å². The number of aliphatic hydroxyl groups is 1. The van der Waals surface area contributed by atoms with Gasteiger partial charge in [0.2, 0.25) is 0 Å². The molecule has 25 heavy (non-hydrogen) atoms. The third-order valence-electron chi connectivity index (χ3n) is 4.14. The number of aromatic nitrogens is 1. The van der Waals surface area contributed by atoms with E-state index < -0.39 is 18.3 Å². The second kappa shape index (κ2) is 8.28. The number of β-amino-alcohol motifs (C(OH)–C–C–N with tert-alkyl or cyclic N) is 1. The van der Waals surface area contributed by atoms with Crippen LogP contribution >= 0.6 is 11.5 Å². The summed E-state index contributed by atoms with van der Waals surface area (Å²) in [4.78, 5) is 12.0. The first-order chi connectivity index (χ1) is 12.2. The number of rotatable bonds is 6. The van der Waals surface area contributed by atoms with Crippen molar-refractivity contribution in [3.63, 3.8) is 0 Å². The molecule has 1 saturated heterocycles. The molecule has 3 N–H and O–H groups in total. The summed E-state index contributed by atoms with van der Waals surface area (Å²) in [6.45, 7) is 0.752. The molecule has 134 valence electrons. The maximum absolute atomic E-state index is 12.0. The molecule has 1 aliphatic heterocycles. The van der Waals surface area contributed by atoms with Gasteiger partial charge in [0.25, 0.3) is 0 Å². The van der Waals surface area contributed by atoms with Crippen LogP contribution in [0.5, 0.6) is 5.75 Å². The zero-order valence-corrected chi connectivity index (χ0v) is 14.7. The molecule has 0 aliphatic carbocycles. The van der Waals surface area contributed by atoms with Crippen molar-refractivity contribution in [1.29, 1.82) is 0 Å². The molecule has 3 atom stereocenters. The van der Waals surface area contributed by atoms with Crippen LogP contribution in [0.4, 0.5) is 4.79 Å². The smallest absolute Gasteiger partial charge is 0.407 e. The van der Waals surface area contributed by atoms with Crippen molar-refractivity contribution in [2.24, 2.45) is 0 Å². The van der Waals surface area contributed by atoms with E-state index in [4.69, 9.17) is 9.47 Å². The number of aliphatic hydroxyl groups excluding tert-OH is 1. The number of methoxy groups -OCH3 is 1. The Balaban J connectivity index is 1.55. The monoisotopic (exact) mass is 363 g/mol. The zero-order valence-electron chi connectivity index (χ0n) is 13.8. The summed E-state index contributed by atoms with van der Waals surface area (Å²) >= 11 is 1.33. The summed E-state index contributed by atoms with van der Waals surface area (Å²) in [7, 11) is 1.62. The van der Waals surface area contributed by atoms with E-state index in [0.29, 0.717) is 19.5 Å². The van der Waals surface area contributed by atoms with Crippen LogP contribution in [0.3, 0.4) is 0 Å². The van der Waals surface area contributed by atoms with Gasteiger partial charge in [0.05, 0.1) is 13.2 Å². The highest BCUT2D eigenvalue weighted by molar-refractivity contribution is 7.03. The summed E-state index contributed by atoms with van der Waals surface area (Å²) in [5.74, 6) is 0.790. The average molecular weight is 363 g/mol. The molecule has 3 rings (SSSR count). The van der Waals surface area contributed by atoms with Crippen molar-refractivity contribution < 1.29 is 19.4 Å². The Labute approximate surface area is 150 Å². The lowest BCUT2D eigenvalue weighted by Crippen LogP contribution is -2.41. The fourth-order valence-corrected chi connectivity index (χ4v) is 3.33. The molecule has 1 aromatic carbocycles. The fourth-order valence-electron chi connectivity index (χ4n) is 2.79. The van der Waals surface area contributed by atoms with Crippen LogP contribution in [-0.4, -0.2) is 47.5 Å². The van der Waals surface area contributed by atoms with E-state index >= 15 is 0 Å². The van der Waals surface area contributed by atoms with Gasteiger partial charge < -0.3 is 25.2 Å². The number of ether oxygens (including phenoxy) is 2. The molecule has 1 fully saturated rings. The van der Waals surface area contributed by atoms with E-state index in [1.165, 1.54) is 11.5 Å². The highest BCUT2D eigenvalue weighted by Gasteiger charge is 2.37. The molecule has 2 heterocycles. The van der Waals surface area contributed by atoms with Gasteiger partial charge in [-0.2, -0.15) is 0 Å². The SMILES string of the molecule is COc1ccc(C[C@H]2NC[C@H](O)[C@H]2OC(=O)NCc2cnsc2)cc1. The predicted octanol–water partition coefficient (Wildman–Crippen LogP) is 1.32. The third kappa shape index (κ3) is 4.68. The van der Waals surface area contributed by atoms with Gasteiger partial charge in [-0.3, -0.25) is 0 Å². The van der Waals surface area contributed by atoms with Crippen molar-refractivity contribution in [1.82, 2.24) is 15.0 Å². The van der Waals surface area contributed by atoms with Crippen LogP contribution < -0.4 is 15.4 Å². The van der Waals surface area contributed by atoms with Crippen molar-refractivity contribution in [2.75, 3.05) is 13.7 Å². The zero-order chi connectivity index (χ0) is 17.6. The number of nitrogens with one attached hydrogen (secondary N) is 2. The summed E-state index contributed by atoms with van der Waals surface area (Å²) in [5, 5.41) is 17.9. The first kappa shape index (κ1) is 17.7. The lowest BCUT2D eigenvalue weighted by Gasteiger charge is -2.22. The van der Waals surface area contributed by atoms with Crippen LogP contribution in [0.15, 0.2) is 35.8 Å². The average Bonchev–Trinajstić information content (AvgIpc) is 3.26. The minimum absolute atomic E-state index is 0.142. The van der Waals surface area contributed by atoms with Gasteiger partial charge in [0.15, 0.2) is 0 Å². The third-order valence-corrected chi connectivity index (χ3v) is 4.78. The number of nitrogens with zero attached hydrogens (tertiary/aromatic N) is 1. The molecule has 0 spiro atoms. The molecule has 2 aromatic rings. The highest BCUT2D eigenvalue weighted by atomic mass is 32.1. The first-order valence-corrected chi connectivity index (χ1v) is 8.86. The Kier molecular flexibility index (Phi) is 5.85. The standard InChI is InChI=1S/C17H21N3O4S/c1-23-13-4-2-11(3-5-13)6-14-16(15(21)9-18-14)24-17(22)19-7-12-8-20-25-10-12/h2-5,8,10,14-16,18,21H,6-7,9H2,1H3,(H,19,22)/t14-,15+,16+/m1/s1. The minimum Gasteiger partial charge on any atom is -0.497 e. The molecule has 1 aliphatic rings. The van der Waals surface area contributed by atoms with Gasteiger partial charge >= 0.3 is 6.09 Å². The van der Waals surface area contributed by atoms with Crippen LogP contribution in [0.2, 0.25) is 0 Å². The molecule has 1 amide bonds. The second-order valence-electron chi connectivity index (χ2n) is 5.89. The van der Waals surface area contributed by atoms with Crippen LogP contribution in [0.25, 0.3) is 0 Å². The predicted molar refractivity (Wildman–Crippen MR) is 93.7 cm³/mol. The molecule has 0 saturated carbocycles. The number of carbonyl (C=O) groups is 1. The second-order valence-corrected chi connectivity index (χ2v) is 6.55. The molecule has 1 aromatic heterocycles. The van der Waals surface area contributed by atoms with Crippen molar-refractivity contribution in [3.8, 4) is 5.75 Å².